The van der Waals surface area contributed by atoms with Gasteiger partial charge >= 0.3 is 5.97 Å². The Bertz CT molecular complexity index is 356. The van der Waals surface area contributed by atoms with Crippen LogP contribution in [0.2, 0.25) is 0 Å². The van der Waals surface area contributed by atoms with Crippen LogP contribution in [-0.4, -0.2) is 11.3 Å². The number of cyclic esters (lactones) is 1. The molecular weight excluding hydrogens is 188 g/mol. The van der Waals surface area contributed by atoms with E-state index in [1.165, 1.54) is 6.26 Å². The van der Waals surface area contributed by atoms with Gasteiger partial charge in [-0.05, 0) is 5.56 Å². The number of ether oxygens (including phenoxy) is 1. The third-order valence-corrected chi connectivity index (χ3v) is 2.30. The van der Waals surface area contributed by atoms with Gasteiger partial charge in [0.1, 0.15) is 6.26 Å². The highest BCUT2D eigenvalue weighted by atomic mass is 35.5. The minimum Gasteiger partial charge on any atom is -0.433 e. The molecule has 1 heterocycles. The second-order valence-electron chi connectivity index (χ2n) is 2.74. The maximum Gasteiger partial charge on any atom is 0.333 e. The smallest absolute Gasteiger partial charge is 0.333 e. The van der Waals surface area contributed by atoms with Gasteiger partial charge in [0.15, 0.2) is 5.38 Å². The summed E-state index contributed by atoms with van der Waals surface area (Å²) in [7, 11) is 0. The topological polar surface area (TPSA) is 26.3 Å². The molecule has 1 atom stereocenters. The van der Waals surface area contributed by atoms with Crippen molar-refractivity contribution in [2.75, 3.05) is 0 Å². The molecule has 1 aromatic rings. The molecular formula is C10H7ClO2. The quantitative estimate of drug-likeness (QED) is 0.506. The molecule has 66 valence electrons. The Morgan fingerprint density at radius 3 is 2.46 bits per heavy atom. The van der Waals surface area contributed by atoms with Gasteiger partial charge in [-0.25, -0.2) is 4.79 Å². The number of alkyl halides is 1. The molecule has 0 bridgehead atoms. The maximum atomic E-state index is 11.0. The Labute approximate surface area is 80.8 Å². The van der Waals surface area contributed by atoms with Crippen molar-refractivity contribution >= 4 is 23.1 Å². The molecule has 2 rings (SSSR count). The highest BCUT2D eigenvalue weighted by Gasteiger charge is 2.28. The van der Waals surface area contributed by atoms with Crippen LogP contribution in [0.15, 0.2) is 36.6 Å². The van der Waals surface area contributed by atoms with Crippen molar-refractivity contribution in [3.05, 3.63) is 42.2 Å². The van der Waals surface area contributed by atoms with Crippen LogP contribution in [0.1, 0.15) is 5.56 Å². The Balaban J connectivity index is 2.34. The summed E-state index contributed by atoms with van der Waals surface area (Å²) in [6.45, 7) is 0. The Hall–Kier alpha value is -1.28. The zero-order valence-electron chi connectivity index (χ0n) is 6.74. The zero-order valence-corrected chi connectivity index (χ0v) is 7.49. The van der Waals surface area contributed by atoms with Crippen molar-refractivity contribution in [1.29, 1.82) is 0 Å². The average Bonchev–Trinajstić information content (AvgIpc) is 2.49. The maximum absolute atomic E-state index is 11.0. The molecule has 0 radical (unpaired) electrons. The van der Waals surface area contributed by atoms with Crippen LogP contribution >= 0.6 is 11.6 Å². The van der Waals surface area contributed by atoms with Gasteiger partial charge in [0, 0.05) is 5.57 Å². The summed E-state index contributed by atoms with van der Waals surface area (Å²) in [4.78, 5) is 11.0. The van der Waals surface area contributed by atoms with Gasteiger partial charge in [0.2, 0.25) is 0 Å². The first kappa shape index (κ1) is 8.32. The van der Waals surface area contributed by atoms with Crippen LogP contribution in [0.4, 0.5) is 0 Å². The van der Waals surface area contributed by atoms with Crippen molar-refractivity contribution in [2.45, 2.75) is 5.38 Å². The summed E-state index contributed by atoms with van der Waals surface area (Å²) in [5.41, 5.74) is 1.65. The lowest BCUT2D eigenvalue weighted by Gasteiger charge is -2.02. The summed E-state index contributed by atoms with van der Waals surface area (Å²) in [6, 6.07) is 9.47. The Morgan fingerprint density at radius 1 is 1.23 bits per heavy atom. The fourth-order valence-corrected chi connectivity index (χ4v) is 1.44. The SMILES string of the molecule is O=C1OC=C(c2ccccc2)C1Cl. The summed E-state index contributed by atoms with van der Waals surface area (Å²) >= 11 is 5.82. The van der Waals surface area contributed by atoms with E-state index in [0.717, 1.165) is 11.1 Å². The summed E-state index contributed by atoms with van der Waals surface area (Å²) in [5.74, 6) is -0.402. The molecule has 0 aromatic heterocycles. The molecule has 1 aromatic carbocycles. The normalized spacial score (nSPS) is 21.2. The first-order valence-corrected chi connectivity index (χ1v) is 4.33. The van der Waals surface area contributed by atoms with Crippen molar-refractivity contribution in [3.63, 3.8) is 0 Å². The minimum absolute atomic E-state index is 0.402. The van der Waals surface area contributed by atoms with Crippen molar-refractivity contribution < 1.29 is 9.53 Å². The largest absolute Gasteiger partial charge is 0.433 e. The molecule has 1 aliphatic rings. The lowest BCUT2D eigenvalue weighted by atomic mass is 10.1. The molecule has 0 amide bonds. The fourth-order valence-electron chi connectivity index (χ4n) is 1.21. The zero-order chi connectivity index (χ0) is 9.26. The first-order valence-electron chi connectivity index (χ1n) is 3.89. The third kappa shape index (κ3) is 1.45. The standard InChI is InChI=1S/C10H7ClO2/c11-9-8(6-13-10(9)12)7-4-2-1-3-5-7/h1-6,9H. The van der Waals surface area contributed by atoms with Crippen LogP contribution < -0.4 is 0 Å². The average molecular weight is 195 g/mol. The number of rotatable bonds is 1. The molecule has 1 aliphatic heterocycles. The number of carbonyl (C=O) groups excluding carboxylic acids is 1. The molecule has 0 spiro atoms. The monoisotopic (exact) mass is 194 g/mol. The van der Waals surface area contributed by atoms with Crippen LogP contribution in [0.25, 0.3) is 5.57 Å². The van der Waals surface area contributed by atoms with Gasteiger partial charge < -0.3 is 4.74 Å². The molecule has 0 aliphatic carbocycles. The molecule has 13 heavy (non-hydrogen) atoms. The van der Waals surface area contributed by atoms with Crippen molar-refractivity contribution in [2.24, 2.45) is 0 Å². The van der Waals surface area contributed by atoms with Crippen LogP contribution in [0.3, 0.4) is 0 Å². The van der Waals surface area contributed by atoms with Gasteiger partial charge in [-0.2, -0.15) is 0 Å². The second kappa shape index (κ2) is 3.23. The van der Waals surface area contributed by atoms with Gasteiger partial charge in [0.25, 0.3) is 0 Å². The molecule has 2 nitrogen and oxygen atoms in total. The molecule has 0 fully saturated rings. The molecule has 0 saturated carbocycles. The lowest BCUT2D eigenvalue weighted by molar-refractivity contribution is -0.134. The van der Waals surface area contributed by atoms with E-state index in [1.807, 2.05) is 30.3 Å². The van der Waals surface area contributed by atoms with Crippen molar-refractivity contribution in [1.82, 2.24) is 0 Å². The number of hydrogen-bond donors (Lipinski definition) is 0. The Morgan fingerprint density at radius 2 is 1.92 bits per heavy atom. The highest BCUT2D eigenvalue weighted by Crippen LogP contribution is 2.28. The lowest BCUT2D eigenvalue weighted by Crippen LogP contribution is -2.09. The van der Waals surface area contributed by atoms with Gasteiger partial charge in [0.05, 0.1) is 0 Å². The third-order valence-electron chi connectivity index (χ3n) is 1.89. The molecule has 1 unspecified atom stereocenters. The van der Waals surface area contributed by atoms with Gasteiger partial charge in [-0.3, -0.25) is 0 Å². The Kier molecular flexibility index (Phi) is 2.07. The summed E-state index contributed by atoms with van der Waals surface area (Å²) in [6.07, 6.45) is 1.41. The highest BCUT2D eigenvalue weighted by molar-refractivity contribution is 6.37. The van der Waals surface area contributed by atoms with E-state index in [-0.39, 0.29) is 0 Å². The van der Waals surface area contributed by atoms with E-state index in [4.69, 9.17) is 16.3 Å². The van der Waals surface area contributed by atoms with E-state index in [0.29, 0.717) is 0 Å². The van der Waals surface area contributed by atoms with E-state index in [9.17, 15) is 4.79 Å². The van der Waals surface area contributed by atoms with Crippen LogP contribution in [0.5, 0.6) is 0 Å². The molecule has 3 heteroatoms. The predicted octanol–water partition coefficient (Wildman–Crippen LogP) is 2.19. The summed E-state index contributed by atoms with van der Waals surface area (Å²) < 4.78 is 4.70. The second-order valence-corrected chi connectivity index (χ2v) is 3.18. The van der Waals surface area contributed by atoms with Crippen LogP contribution in [-0.2, 0) is 9.53 Å². The van der Waals surface area contributed by atoms with Gasteiger partial charge in [-0.1, -0.05) is 30.3 Å². The first-order chi connectivity index (χ1) is 6.29. The van der Waals surface area contributed by atoms with Gasteiger partial charge in [-0.15, -0.1) is 11.6 Å². The minimum atomic E-state index is -0.664. The van der Waals surface area contributed by atoms with E-state index in [2.05, 4.69) is 0 Å². The number of hydrogen-bond acceptors (Lipinski definition) is 2. The molecule has 0 N–H and O–H groups in total. The van der Waals surface area contributed by atoms with Crippen molar-refractivity contribution in [3.8, 4) is 0 Å². The van der Waals surface area contributed by atoms with E-state index < -0.39 is 11.3 Å². The van der Waals surface area contributed by atoms with E-state index in [1.54, 1.807) is 0 Å². The summed E-state index contributed by atoms with van der Waals surface area (Å²) in [5, 5.41) is -0.664. The van der Waals surface area contributed by atoms with E-state index >= 15 is 0 Å². The number of esters is 1. The predicted molar refractivity (Wildman–Crippen MR) is 50.2 cm³/mol. The number of carbonyl (C=O) groups is 1. The van der Waals surface area contributed by atoms with Crippen LogP contribution in [0, 0.1) is 0 Å². The fraction of sp³-hybridized carbons (Fsp3) is 0.100. The number of halogens is 1. The number of benzene rings is 1. The molecule has 0 saturated heterocycles.